The molecule has 0 heterocycles. The number of nitrogens with zero attached hydrogens (tertiary/aromatic N) is 3. The van der Waals surface area contributed by atoms with E-state index in [4.69, 9.17) is 18.8 Å². The normalized spacial score (nSPS) is 13.4. The Morgan fingerprint density at radius 3 is 2.07 bits per heavy atom. The summed E-state index contributed by atoms with van der Waals surface area (Å²) in [7, 11) is 1.72. The van der Waals surface area contributed by atoms with E-state index in [0.29, 0.717) is 6.42 Å². The van der Waals surface area contributed by atoms with Gasteiger partial charge in [-0.15, -0.1) is 0 Å². The highest BCUT2D eigenvalue weighted by Gasteiger charge is 2.46. The first-order chi connectivity index (χ1) is 6.70. The van der Waals surface area contributed by atoms with Crippen molar-refractivity contribution in [2.75, 3.05) is 21.3 Å². The van der Waals surface area contributed by atoms with Gasteiger partial charge in [0.05, 0.1) is 0 Å². The SMILES string of the molecule is CCCC(N=[N+]=[N-])[Si](OC)(OC)OC. The van der Waals surface area contributed by atoms with Gasteiger partial charge in [-0.2, -0.15) is 0 Å². The minimum absolute atomic E-state index is 0.350. The topological polar surface area (TPSA) is 76.5 Å². The minimum Gasteiger partial charge on any atom is -0.377 e. The maximum Gasteiger partial charge on any atom is 0.509 e. The fraction of sp³-hybridized carbons (Fsp3) is 1.00. The molecule has 0 spiro atoms. The fourth-order valence-electron chi connectivity index (χ4n) is 1.30. The molecule has 0 aliphatic rings. The van der Waals surface area contributed by atoms with Crippen LogP contribution >= 0.6 is 0 Å². The van der Waals surface area contributed by atoms with Gasteiger partial charge >= 0.3 is 8.80 Å². The monoisotopic (exact) mass is 219 g/mol. The number of hydrogen-bond acceptors (Lipinski definition) is 4. The number of azide groups is 1. The van der Waals surface area contributed by atoms with E-state index in [-0.39, 0.29) is 5.67 Å². The zero-order chi connectivity index (χ0) is 11.0. The van der Waals surface area contributed by atoms with E-state index in [1.807, 2.05) is 6.92 Å². The summed E-state index contributed by atoms with van der Waals surface area (Å²) in [5, 5.41) is 3.67. The molecular formula is C7H17N3O3Si. The molecule has 0 amide bonds. The Kier molecular flexibility index (Phi) is 6.51. The summed E-state index contributed by atoms with van der Waals surface area (Å²) >= 11 is 0. The van der Waals surface area contributed by atoms with Crippen molar-refractivity contribution in [3.63, 3.8) is 0 Å². The summed E-state index contributed by atoms with van der Waals surface area (Å²) in [5.74, 6) is 0. The molecule has 0 radical (unpaired) electrons. The van der Waals surface area contributed by atoms with Gasteiger partial charge in [-0.05, 0) is 12.0 Å². The predicted molar refractivity (Wildman–Crippen MR) is 54.6 cm³/mol. The quantitative estimate of drug-likeness (QED) is 0.284. The first kappa shape index (κ1) is 13.4. The Morgan fingerprint density at radius 1 is 1.29 bits per heavy atom. The van der Waals surface area contributed by atoms with E-state index in [1.165, 1.54) is 21.3 Å². The molecule has 0 rings (SSSR count). The molecule has 82 valence electrons. The van der Waals surface area contributed by atoms with Crippen LogP contribution in [-0.4, -0.2) is 35.8 Å². The highest BCUT2D eigenvalue weighted by Crippen LogP contribution is 2.19. The third-order valence-corrected chi connectivity index (χ3v) is 4.94. The third kappa shape index (κ3) is 2.97. The number of rotatable bonds is 7. The molecular weight excluding hydrogens is 202 g/mol. The maximum atomic E-state index is 8.43. The van der Waals surface area contributed by atoms with Crippen LogP contribution in [0.15, 0.2) is 5.11 Å². The van der Waals surface area contributed by atoms with Crippen LogP contribution in [-0.2, 0) is 13.3 Å². The van der Waals surface area contributed by atoms with Crippen molar-refractivity contribution in [1.29, 1.82) is 0 Å². The fourth-order valence-corrected chi connectivity index (χ4v) is 3.45. The molecule has 14 heavy (non-hydrogen) atoms. The standard InChI is InChI=1S/C7H17N3O3Si/c1-5-6-7(9-10-8)14(11-2,12-3)13-4/h7H,5-6H2,1-4H3. The van der Waals surface area contributed by atoms with Crippen LogP contribution in [0.2, 0.25) is 0 Å². The molecule has 1 atom stereocenters. The van der Waals surface area contributed by atoms with Crippen LogP contribution in [0.3, 0.4) is 0 Å². The van der Waals surface area contributed by atoms with Gasteiger partial charge in [-0.3, -0.25) is 0 Å². The second-order valence-electron chi connectivity index (χ2n) is 2.73. The van der Waals surface area contributed by atoms with Gasteiger partial charge in [0.2, 0.25) is 0 Å². The average Bonchev–Trinajstić information content (AvgIpc) is 2.22. The molecule has 0 N–H and O–H groups in total. The van der Waals surface area contributed by atoms with Gasteiger partial charge in [0, 0.05) is 26.2 Å². The van der Waals surface area contributed by atoms with E-state index in [0.717, 1.165) is 6.42 Å². The first-order valence-corrected chi connectivity index (χ1v) is 6.20. The van der Waals surface area contributed by atoms with Crippen LogP contribution in [0.1, 0.15) is 19.8 Å². The molecule has 0 fully saturated rings. The van der Waals surface area contributed by atoms with Gasteiger partial charge in [-0.1, -0.05) is 18.5 Å². The van der Waals surface area contributed by atoms with Gasteiger partial charge < -0.3 is 13.3 Å². The molecule has 0 saturated heterocycles. The molecule has 0 aliphatic carbocycles. The van der Waals surface area contributed by atoms with Crippen molar-refractivity contribution < 1.29 is 13.3 Å². The molecule has 0 aliphatic heterocycles. The van der Waals surface area contributed by atoms with E-state index in [1.54, 1.807) is 0 Å². The highest BCUT2D eigenvalue weighted by atomic mass is 28.4. The summed E-state index contributed by atoms with van der Waals surface area (Å²) in [4.78, 5) is 2.78. The summed E-state index contributed by atoms with van der Waals surface area (Å²) in [6, 6.07) is 0. The molecule has 0 bridgehead atoms. The minimum atomic E-state index is -2.81. The van der Waals surface area contributed by atoms with Gasteiger partial charge in [-0.25, -0.2) is 0 Å². The number of hydrogen-bond donors (Lipinski definition) is 0. The maximum absolute atomic E-state index is 8.43. The lowest BCUT2D eigenvalue weighted by atomic mass is 10.3. The van der Waals surface area contributed by atoms with E-state index in [2.05, 4.69) is 10.0 Å². The van der Waals surface area contributed by atoms with Crippen molar-refractivity contribution in [1.82, 2.24) is 0 Å². The second-order valence-corrected chi connectivity index (χ2v) is 5.82. The Morgan fingerprint density at radius 2 is 1.79 bits per heavy atom. The smallest absolute Gasteiger partial charge is 0.377 e. The van der Waals surface area contributed by atoms with E-state index in [9.17, 15) is 0 Å². The summed E-state index contributed by atoms with van der Waals surface area (Å²) in [6.45, 7) is 2.00. The molecule has 1 unspecified atom stereocenters. The average molecular weight is 219 g/mol. The Hall–Kier alpha value is -0.593. The summed E-state index contributed by atoms with van der Waals surface area (Å²) < 4.78 is 15.7. The van der Waals surface area contributed by atoms with Gasteiger partial charge in [0.1, 0.15) is 5.67 Å². The van der Waals surface area contributed by atoms with Gasteiger partial charge in [0.25, 0.3) is 0 Å². The van der Waals surface area contributed by atoms with Crippen molar-refractivity contribution in [2.45, 2.75) is 25.4 Å². The molecule has 0 saturated carbocycles. The first-order valence-electron chi connectivity index (χ1n) is 4.40. The van der Waals surface area contributed by atoms with Gasteiger partial charge in [0.15, 0.2) is 0 Å². The largest absolute Gasteiger partial charge is 0.509 e. The zero-order valence-corrected chi connectivity index (χ0v) is 10.1. The highest BCUT2D eigenvalue weighted by molar-refractivity contribution is 6.62. The lowest BCUT2D eigenvalue weighted by molar-refractivity contribution is 0.111. The molecule has 6 nitrogen and oxygen atoms in total. The van der Waals surface area contributed by atoms with Crippen molar-refractivity contribution >= 4 is 8.80 Å². The summed E-state index contributed by atoms with van der Waals surface area (Å²) in [5.41, 5.74) is 8.08. The summed E-state index contributed by atoms with van der Waals surface area (Å²) in [6.07, 6.45) is 1.58. The Bertz CT molecular complexity index is 196. The molecule has 0 aromatic heterocycles. The molecule has 0 aromatic carbocycles. The van der Waals surface area contributed by atoms with Crippen LogP contribution < -0.4 is 0 Å². The van der Waals surface area contributed by atoms with E-state index < -0.39 is 8.80 Å². The second kappa shape index (κ2) is 6.80. The van der Waals surface area contributed by atoms with Crippen LogP contribution in [0.25, 0.3) is 10.4 Å². The van der Waals surface area contributed by atoms with Crippen LogP contribution in [0, 0.1) is 0 Å². The Labute approximate surface area is 85.2 Å². The van der Waals surface area contributed by atoms with Crippen molar-refractivity contribution in [3.05, 3.63) is 10.4 Å². The van der Waals surface area contributed by atoms with Crippen molar-refractivity contribution in [3.8, 4) is 0 Å². The third-order valence-electron chi connectivity index (χ3n) is 2.01. The van der Waals surface area contributed by atoms with Crippen LogP contribution in [0.5, 0.6) is 0 Å². The van der Waals surface area contributed by atoms with E-state index >= 15 is 0 Å². The zero-order valence-electron chi connectivity index (χ0n) is 9.06. The lowest BCUT2D eigenvalue weighted by Gasteiger charge is -2.29. The lowest BCUT2D eigenvalue weighted by Crippen LogP contribution is -2.53. The predicted octanol–water partition coefficient (Wildman–Crippen LogP) is 1.88. The molecule has 7 heteroatoms. The Balaban J connectivity index is 4.78. The van der Waals surface area contributed by atoms with Crippen molar-refractivity contribution in [2.24, 2.45) is 5.11 Å². The molecule has 0 aromatic rings. The van der Waals surface area contributed by atoms with Crippen LogP contribution in [0.4, 0.5) is 0 Å².